The summed E-state index contributed by atoms with van der Waals surface area (Å²) < 4.78 is 0. The van der Waals surface area contributed by atoms with Crippen molar-refractivity contribution in [1.82, 2.24) is 9.80 Å². The van der Waals surface area contributed by atoms with Crippen LogP contribution in [0.3, 0.4) is 0 Å². The molecule has 2 aliphatic rings. The van der Waals surface area contributed by atoms with Crippen molar-refractivity contribution in [3.05, 3.63) is 29.8 Å². The van der Waals surface area contributed by atoms with Crippen LogP contribution in [-0.2, 0) is 16.0 Å². The zero-order valence-corrected chi connectivity index (χ0v) is 16.6. The van der Waals surface area contributed by atoms with Crippen molar-refractivity contribution >= 4 is 23.6 Å². The van der Waals surface area contributed by atoms with Crippen LogP contribution in [0.1, 0.15) is 44.1 Å². The lowest BCUT2D eigenvalue weighted by Crippen LogP contribution is -2.39. The second kappa shape index (κ2) is 9.45. The van der Waals surface area contributed by atoms with Gasteiger partial charge < -0.3 is 9.80 Å². The number of hydrogen-bond acceptors (Lipinski definition) is 3. The molecule has 1 aromatic carbocycles. The Labute approximate surface area is 161 Å². The van der Waals surface area contributed by atoms with Crippen LogP contribution in [0.4, 0.5) is 0 Å². The minimum Gasteiger partial charge on any atom is -0.343 e. The van der Waals surface area contributed by atoms with E-state index in [-0.39, 0.29) is 5.91 Å². The molecule has 4 nitrogen and oxygen atoms in total. The van der Waals surface area contributed by atoms with Crippen LogP contribution in [0.25, 0.3) is 0 Å². The van der Waals surface area contributed by atoms with E-state index < -0.39 is 0 Å². The van der Waals surface area contributed by atoms with Crippen LogP contribution in [-0.4, -0.2) is 54.0 Å². The Morgan fingerprint density at radius 1 is 0.962 bits per heavy atom. The first-order valence-electron chi connectivity index (χ1n) is 9.84. The Balaban J connectivity index is 1.38. The van der Waals surface area contributed by atoms with Gasteiger partial charge in [0.05, 0.1) is 6.42 Å². The van der Waals surface area contributed by atoms with Gasteiger partial charge in [0.15, 0.2) is 0 Å². The molecule has 3 rings (SSSR count). The maximum Gasteiger partial charge on any atom is 0.226 e. The van der Waals surface area contributed by atoms with Gasteiger partial charge in [-0.05, 0) is 62.0 Å². The van der Waals surface area contributed by atoms with Crippen LogP contribution in [0.5, 0.6) is 0 Å². The molecule has 0 spiro atoms. The van der Waals surface area contributed by atoms with E-state index in [2.05, 4.69) is 30.5 Å². The van der Waals surface area contributed by atoms with Crippen LogP contribution in [0, 0.1) is 5.92 Å². The maximum atomic E-state index is 12.5. The van der Waals surface area contributed by atoms with E-state index in [0.717, 1.165) is 63.8 Å². The van der Waals surface area contributed by atoms with E-state index in [1.807, 2.05) is 9.80 Å². The number of thioether (sulfide) groups is 1. The third-order valence-electron chi connectivity index (χ3n) is 5.71. The summed E-state index contributed by atoms with van der Waals surface area (Å²) in [7, 11) is 0. The van der Waals surface area contributed by atoms with Gasteiger partial charge in [-0.2, -0.15) is 0 Å². The highest BCUT2D eigenvalue weighted by Crippen LogP contribution is 2.24. The number of carbonyl (C=O) groups excluding carboxylic acids is 2. The molecule has 0 saturated carbocycles. The van der Waals surface area contributed by atoms with E-state index in [1.54, 1.807) is 11.8 Å². The van der Waals surface area contributed by atoms with Gasteiger partial charge in [0.25, 0.3) is 0 Å². The molecule has 0 unspecified atom stereocenters. The first-order chi connectivity index (χ1) is 12.7. The van der Waals surface area contributed by atoms with Gasteiger partial charge in [0.2, 0.25) is 11.8 Å². The fourth-order valence-electron chi connectivity index (χ4n) is 3.95. The Bertz CT molecular complexity index is 603. The third kappa shape index (κ3) is 5.26. The maximum absolute atomic E-state index is 12.5. The van der Waals surface area contributed by atoms with E-state index in [1.165, 1.54) is 4.90 Å². The number of benzene rings is 1. The van der Waals surface area contributed by atoms with Gasteiger partial charge in [0, 0.05) is 37.5 Å². The van der Waals surface area contributed by atoms with Crippen LogP contribution >= 0.6 is 11.8 Å². The Morgan fingerprint density at radius 2 is 1.58 bits per heavy atom. The van der Waals surface area contributed by atoms with Crippen molar-refractivity contribution in [2.75, 3.05) is 32.4 Å². The standard InChI is InChI=1S/C21H30N2O2S/c1-26-19-7-4-18(5-8-19)16-21(25)23-14-10-17(11-15-23)6-9-20(24)22-12-2-3-13-22/h4-5,7-8,17H,2-3,6,9-16H2,1H3. The van der Waals surface area contributed by atoms with Crippen molar-refractivity contribution in [2.24, 2.45) is 5.92 Å². The Morgan fingerprint density at radius 3 is 2.19 bits per heavy atom. The van der Waals surface area contributed by atoms with Crippen molar-refractivity contribution in [3.8, 4) is 0 Å². The molecule has 1 aromatic rings. The molecule has 0 radical (unpaired) electrons. The summed E-state index contributed by atoms with van der Waals surface area (Å²) in [5.74, 6) is 1.15. The number of carbonyl (C=O) groups is 2. The molecular weight excluding hydrogens is 344 g/mol. The summed E-state index contributed by atoms with van der Waals surface area (Å²) in [5.41, 5.74) is 1.09. The fraction of sp³-hybridized carbons (Fsp3) is 0.619. The number of likely N-dealkylation sites (tertiary alicyclic amines) is 2. The molecule has 0 aliphatic carbocycles. The van der Waals surface area contributed by atoms with E-state index in [9.17, 15) is 9.59 Å². The highest BCUT2D eigenvalue weighted by atomic mass is 32.2. The second-order valence-corrected chi connectivity index (χ2v) is 8.36. The summed E-state index contributed by atoms with van der Waals surface area (Å²) in [5, 5.41) is 0. The zero-order chi connectivity index (χ0) is 18.4. The van der Waals surface area contributed by atoms with Gasteiger partial charge in [-0.25, -0.2) is 0 Å². The highest BCUT2D eigenvalue weighted by Gasteiger charge is 2.24. The monoisotopic (exact) mass is 374 g/mol. The first-order valence-corrected chi connectivity index (χ1v) is 11.1. The van der Waals surface area contributed by atoms with Gasteiger partial charge in [-0.3, -0.25) is 9.59 Å². The van der Waals surface area contributed by atoms with Crippen molar-refractivity contribution in [1.29, 1.82) is 0 Å². The molecule has 2 saturated heterocycles. The van der Waals surface area contributed by atoms with E-state index in [4.69, 9.17) is 0 Å². The van der Waals surface area contributed by atoms with Crippen LogP contribution < -0.4 is 0 Å². The smallest absolute Gasteiger partial charge is 0.226 e. The summed E-state index contributed by atoms with van der Waals surface area (Å²) in [6.07, 6.45) is 8.59. The Hall–Kier alpha value is -1.49. The largest absolute Gasteiger partial charge is 0.343 e. The molecule has 0 aromatic heterocycles. The molecule has 0 bridgehead atoms. The molecule has 0 N–H and O–H groups in total. The topological polar surface area (TPSA) is 40.6 Å². The molecule has 0 atom stereocenters. The number of nitrogens with zero attached hydrogens (tertiary/aromatic N) is 2. The number of piperidine rings is 1. The van der Waals surface area contributed by atoms with E-state index >= 15 is 0 Å². The molecular formula is C21H30N2O2S. The number of hydrogen-bond donors (Lipinski definition) is 0. The van der Waals surface area contributed by atoms with Crippen molar-refractivity contribution in [3.63, 3.8) is 0 Å². The number of rotatable bonds is 6. The predicted octanol–water partition coefficient (Wildman–Crippen LogP) is 3.59. The quantitative estimate of drug-likeness (QED) is 0.715. The van der Waals surface area contributed by atoms with Gasteiger partial charge in [-0.15, -0.1) is 11.8 Å². The molecule has 5 heteroatoms. The van der Waals surface area contributed by atoms with Crippen molar-refractivity contribution in [2.45, 2.75) is 49.8 Å². The van der Waals surface area contributed by atoms with Crippen molar-refractivity contribution < 1.29 is 9.59 Å². The van der Waals surface area contributed by atoms with Gasteiger partial charge >= 0.3 is 0 Å². The summed E-state index contributed by atoms with van der Waals surface area (Å²) in [6, 6.07) is 8.27. The summed E-state index contributed by atoms with van der Waals surface area (Å²) in [4.78, 5) is 29.9. The molecule has 2 amide bonds. The Kier molecular flexibility index (Phi) is 7.00. The molecule has 2 heterocycles. The fourth-order valence-corrected chi connectivity index (χ4v) is 4.36. The number of amides is 2. The molecule has 26 heavy (non-hydrogen) atoms. The average Bonchev–Trinajstić information content (AvgIpc) is 3.22. The normalized spacial score (nSPS) is 18.3. The minimum atomic E-state index is 0.230. The molecule has 2 fully saturated rings. The highest BCUT2D eigenvalue weighted by molar-refractivity contribution is 7.98. The average molecular weight is 375 g/mol. The molecule has 2 aliphatic heterocycles. The lowest BCUT2D eigenvalue weighted by molar-refractivity contribution is -0.133. The lowest BCUT2D eigenvalue weighted by Gasteiger charge is -2.32. The molecule has 142 valence electrons. The second-order valence-electron chi connectivity index (χ2n) is 7.48. The minimum absolute atomic E-state index is 0.230. The van der Waals surface area contributed by atoms with Crippen LogP contribution in [0.15, 0.2) is 29.2 Å². The SMILES string of the molecule is CSc1ccc(CC(=O)N2CCC(CCC(=O)N3CCCC3)CC2)cc1. The first kappa shape index (κ1) is 19.3. The third-order valence-corrected chi connectivity index (χ3v) is 6.45. The lowest BCUT2D eigenvalue weighted by atomic mass is 9.91. The zero-order valence-electron chi connectivity index (χ0n) is 15.8. The summed E-state index contributed by atoms with van der Waals surface area (Å²) in [6.45, 7) is 3.57. The van der Waals surface area contributed by atoms with Crippen LogP contribution in [0.2, 0.25) is 0 Å². The summed E-state index contributed by atoms with van der Waals surface area (Å²) >= 11 is 1.72. The van der Waals surface area contributed by atoms with E-state index in [0.29, 0.717) is 24.7 Å². The van der Waals surface area contributed by atoms with Gasteiger partial charge in [-0.1, -0.05) is 12.1 Å². The predicted molar refractivity (Wildman–Crippen MR) is 106 cm³/mol. The van der Waals surface area contributed by atoms with Gasteiger partial charge in [0.1, 0.15) is 0 Å².